The number of hydrogen-bond acceptors (Lipinski definition) is 3. The lowest BCUT2D eigenvalue weighted by atomic mass is 10.0. The average molecular weight is 229 g/mol. The van der Waals surface area contributed by atoms with Crippen LogP contribution >= 0.6 is 11.6 Å². The van der Waals surface area contributed by atoms with Gasteiger partial charge in [0.15, 0.2) is 6.79 Å². The molecule has 0 aliphatic carbocycles. The van der Waals surface area contributed by atoms with Crippen LogP contribution in [0.3, 0.4) is 0 Å². The third-order valence-corrected chi connectivity index (χ3v) is 2.57. The molecule has 0 fully saturated rings. The molecule has 3 nitrogen and oxygen atoms in total. The molecule has 15 heavy (non-hydrogen) atoms. The average Bonchev–Trinajstić information content (AvgIpc) is 2.25. The number of aliphatic hydroxyl groups is 1. The summed E-state index contributed by atoms with van der Waals surface area (Å²) in [6.45, 7) is 1.01. The van der Waals surface area contributed by atoms with Gasteiger partial charge in [-0.25, -0.2) is 0 Å². The van der Waals surface area contributed by atoms with Crippen molar-refractivity contribution < 1.29 is 14.6 Å². The quantitative estimate of drug-likeness (QED) is 0.862. The van der Waals surface area contributed by atoms with Gasteiger partial charge in [-0.3, -0.25) is 0 Å². The highest BCUT2D eigenvalue weighted by Crippen LogP contribution is 2.32. The minimum atomic E-state index is 0.178. The Labute approximate surface area is 93.6 Å². The molecule has 1 aliphatic rings. The van der Waals surface area contributed by atoms with Gasteiger partial charge in [0, 0.05) is 17.2 Å². The van der Waals surface area contributed by atoms with Crippen molar-refractivity contribution in [2.24, 2.45) is 0 Å². The summed E-state index contributed by atoms with van der Waals surface area (Å²) in [7, 11) is 0. The van der Waals surface area contributed by atoms with Gasteiger partial charge in [-0.05, 0) is 30.5 Å². The van der Waals surface area contributed by atoms with Crippen molar-refractivity contribution in [2.45, 2.75) is 19.4 Å². The fourth-order valence-corrected chi connectivity index (χ4v) is 1.98. The van der Waals surface area contributed by atoms with Crippen molar-refractivity contribution in [3.05, 3.63) is 28.3 Å². The summed E-state index contributed by atoms with van der Waals surface area (Å²) in [5, 5.41) is 9.49. The van der Waals surface area contributed by atoms with Crippen molar-refractivity contribution in [2.75, 3.05) is 13.4 Å². The second-order valence-corrected chi connectivity index (χ2v) is 3.93. The number of hydrogen-bond donors (Lipinski definition) is 1. The van der Waals surface area contributed by atoms with Crippen LogP contribution in [0.4, 0.5) is 0 Å². The van der Waals surface area contributed by atoms with Crippen LogP contribution < -0.4 is 4.74 Å². The zero-order chi connectivity index (χ0) is 10.7. The van der Waals surface area contributed by atoms with E-state index in [1.807, 2.05) is 12.1 Å². The highest BCUT2D eigenvalue weighted by Gasteiger charge is 2.15. The van der Waals surface area contributed by atoms with E-state index in [1.54, 1.807) is 0 Å². The lowest BCUT2D eigenvalue weighted by Crippen LogP contribution is -2.13. The van der Waals surface area contributed by atoms with E-state index in [1.165, 1.54) is 0 Å². The van der Waals surface area contributed by atoms with E-state index >= 15 is 0 Å². The topological polar surface area (TPSA) is 38.7 Å². The summed E-state index contributed by atoms with van der Waals surface area (Å²) in [6, 6.07) is 3.75. The van der Waals surface area contributed by atoms with E-state index in [4.69, 9.17) is 26.2 Å². The maximum atomic E-state index is 8.80. The summed E-state index contributed by atoms with van der Waals surface area (Å²) in [5.41, 5.74) is 2.04. The molecule has 0 radical (unpaired) electrons. The van der Waals surface area contributed by atoms with Crippen LogP contribution in [0.25, 0.3) is 0 Å². The lowest BCUT2D eigenvalue weighted by molar-refractivity contribution is -0.0170. The SMILES string of the molecule is OCCCc1cc(Cl)cc2c1OCOC2. The van der Waals surface area contributed by atoms with Crippen molar-refractivity contribution in [3.63, 3.8) is 0 Å². The molecular formula is C11H13ClO3. The van der Waals surface area contributed by atoms with Crippen LogP contribution in [0.5, 0.6) is 5.75 Å². The largest absolute Gasteiger partial charge is 0.467 e. The molecule has 0 saturated heterocycles. The van der Waals surface area contributed by atoms with E-state index in [2.05, 4.69) is 0 Å². The zero-order valence-electron chi connectivity index (χ0n) is 8.33. The fraction of sp³-hybridized carbons (Fsp3) is 0.455. The Morgan fingerprint density at radius 1 is 1.40 bits per heavy atom. The van der Waals surface area contributed by atoms with Crippen LogP contribution in [0.1, 0.15) is 17.5 Å². The number of aliphatic hydroxyl groups excluding tert-OH is 1. The number of aryl methyl sites for hydroxylation is 1. The molecule has 0 amide bonds. The van der Waals surface area contributed by atoms with Crippen molar-refractivity contribution in [1.82, 2.24) is 0 Å². The van der Waals surface area contributed by atoms with Crippen LogP contribution in [0, 0.1) is 0 Å². The third kappa shape index (κ3) is 2.43. The van der Waals surface area contributed by atoms with Gasteiger partial charge in [-0.15, -0.1) is 0 Å². The second-order valence-electron chi connectivity index (χ2n) is 3.49. The van der Waals surface area contributed by atoms with Crippen molar-refractivity contribution in [3.8, 4) is 5.75 Å². The Hall–Kier alpha value is -0.770. The first-order valence-electron chi connectivity index (χ1n) is 4.94. The first kappa shape index (κ1) is 10.7. The van der Waals surface area contributed by atoms with E-state index in [0.717, 1.165) is 29.7 Å². The van der Waals surface area contributed by atoms with Gasteiger partial charge in [0.1, 0.15) is 5.75 Å². The Bertz CT molecular complexity index is 352. The number of halogens is 1. The smallest absolute Gasteiger partial charge is 0.189 e. The van der Waals surface area contributed by atoms with Gasteiger partial charge < -0.3 is 14.6 Å². The molecule has 0 aromatic heterocycles. The Morgan fingerprint density at radius 3 is 3.07 bits per heavy atom. The van der Waals surface area contributed by atoms with Crippen molar-refractivity contribution >= 4 is 11.6 Å². The normalized spacial score (nSPS) is 14.5. The summed E-state index contributed by atoms with van der Waals surface area (Å²) in [5.74, 6) is 0.874. The monoisotopic (exact) mass is 228 g/mol. The predicted octanol–water partition coefficient (Wildman–Crippen LogP) is 2.13. The van der Waals surface area contributed by atoms with E-state index in [9.17, 15) is 0 Å². The highest BCUT2D eigenvalue weighted by molar-refractivity contribution is 6.30. The molecule has 1 heterocycles. The molecule has 0 unspecified atom stereocenters. The number of ether oxygens (including phenoxy) is 2. The third-order valence-electron chi connectivity index (χ3n) is 2.36. The molecular weight excluding hydrogens is 216 g/mol. The van der Waals surface area contributed by atoms with E-state index in [-0.39, 0.29) is 6.61 Å². The van der Waals surface area contributed by atoms with Gasteiger partial charge in [0.2, 0.25) is 0 Å². The van der Waals surface area contributed by atoms with Crippen LogP contribution in [-0.2, 0) is 17.8 Å². The van der Waals surface area contributed by atoms with Gasteiger partial charge in [-0.2, -0.15) is 0 Å². The first-order chi connectivity index (χ1) is 7.31. The number of fused-ring (bicyclic) bond motifs is 1. The Balaban J connectivity index is 2.30. The second kappa shape index (κ2) is 4.84. The summed E-state index contributed by atoms with van der Waals surface area (Å²) < 4.78 is 10.6. The molecule has 2 rings (SSSR count). The van der Waals surface area contributed by atoms with Crippen LogP contribution in [0.15, 0.2) is 12.1 Å². The van der Waals surface area contributed by atoms with E-state index in [0.29, 0.717) is 18.4 Å². The molecule has 1 aromatic carbocycles. The molecule has 82 valence electrons. The standard InChI is InChI=1S/C11H13ClO3/c12-10-4-8(2-1-3-13)11-9(5-10)6-14-7-15-11/h4-5,13H,1-3,6-7H2. The number of rotatable bonds is 3. The molecule has 4 heteroatoms. The maximum absolute atomic E-state index is 8.80. The zero-order valence-corrected chi connectivity index (χ0v) is 9.09. The minimum absolute atomic E-state index is 0.178. The van der Waals surface area contributed by atoms with Crippen molar-refractivity contribution in [1.29, 1.82) is 0 Å². The number of benzene rings is 1. The summed E-state index contributed by atoms with van der Waals surface area (Å²) in [6.07, 6.45) is 1.50. The van der Waals surface area contributed by atoms with E-state index < -0.39 is 0 Å². The first-order valence-corrected chi connectivity index (χ1v) is 5.32. The lowest BCUT2D eigenvalue weighted by Gasteiger charge is -2.21. The molecule has 0 saturated carbocycles. The molecule has 0 bridgehead atoms. The maximum Gasteiger partial charge on any atom is 0.189 e. The van der Waals surface area contributed by atoms with Crippen LogP contribution in [-0.4, -0.2) is 18.5 Å². The molecule has 1 aliphatic heterocycles. The van der Waals surface area contributed by atoms with Gasteiger partial charge in [-0.1, -0.05) is 11.6 Å². The van der Waals surface area contributed by atoms with Crippen LogP contribution in [0.2, 0.25) is 5.02 Å². The highest BCUT2D eigenvalue weighted by atomic mass is 35.5. The summed E-state index contributed by atoms with van der Waals surface area (Å²) >= 11 is 5.99. The summed E-state index contributed by atoms with van der Waals surface area (Å²) in [4.78, 5) is 0. The predicted molar refractivity (Wildman–Crippen MR) is 57.1 cm³/mol. The molecule has 0 spiro atoms. The fourth-order valence-electron chi connectivity index (χ4n) is 1.71. The van der Waals surface area contributed by atoms with Gasteiger partial charge in [0.25, 0.3) is 0 Å². The molecule has 1 N–H and O–H groups in total. The molecule has 0 atom stereocenters. The Morgan fingerprint density at radius 2 is 2.27 bits per heavy atom. The van der Waals surface area contributed by atoms with Gasteiger partial charge >= 0.3 is 0 Å². The minimum Gasteiger partial charge on any atom is -0.467 e. The Kier molecular flexibility index (Phi) is 3.46. The van der Waals surface area contributed by atoms with Gasteiger partial charge in [0.05, 0.1) is 6.61 Å². The molecule has 1 aromatic rings.